The molecule has 0 aliphatic heterocycles. The molecule has 1 saturated carbocycles. The standard InChI is InChI=1S/C20H23N3O4S/c1-22(2)28(25,26)14-6-7-18(27-12-13-4-5-13)16(10-14)17-11-23(3)20(24)19-15(17)8-9-21-19/h6-11,13,21H,4-5,12H2,1-3H3. The van der Waals surface area contributed by atoms with Gasteiger partial charge in [0.05, 0.1) is 11.5 Å². The lowest BCUT2D eigenvalue weighted by molar-refractivity contribution is 0.301. The smallest absolute Gasteiger partial charge is 0.274 e. The zero-order valence-corrected chi connectivity index (χ0v) is 16.9. The zero-order chi connectivity index (χ0) is 20.1. The molecular formula is C20H23N3O4S. The first-order valence-corrected chi connectivity index (χ1v) is 10.6. The number of hydrogen-bond acceptors (Lipinski definition) is 4. The van der Waals surface area contributed by atoms with Gasteiger partial charge in [0.15, 0.2) is 0 Å². The van der Waals surface area contributed by atoms with Gasteiger partial charge >= 0.3 is 0 Å². The number of aromatic nitrogens is 2. The van der Waals surface area contributed by atoms with Gasteiger partial charge in [-0.25, -0.2) is 12.7 Å². The number of ether oxygens (including phenoxy) is 1. The van der Waals surface area contributed by atoms with Crippen molar-refractivity contribution in [1.29, 1.82) is 0 Å². The van der Waals surface area contributed by atoms with Crippen LogP contribution < -0.4 is 10.3 Å². The van der Waals surface area contributed by atoms with E-state index >= 15 is 0 Å². The van der Waals surface area contributed by atoms with Gasteiger partial charge in [0.2, 0.25) is 10.0 Å². The normalized spacial score (nSPS) is 14.7. The quantitative estimate of drug-likeness (QED) is 0.688. The van der Waals surface area contributed by atoms with Crippen molar-refractivity contribution in [2.75, 3.05) is 20.7 Å². The predicted octanol–water partition coefficient (Wildman–Crippen LogP) is 2.57. The van der Waals surface area contributed by atoms with Crippen LogP contribution in [0, 0.1) is 5.92 Å². The van der Waals surface area contributed by atoms with Crippen LogP contribution in [-0.4, -0.2) is 43.0 Å². The molecule has 7 nitrogen and oxygen atoms in total. The first-order valence-electron chi connectivity index (χ1n) is 9.15. The van der Waals surface area contributed by atoms with Crippen LogP contribution >= 0.6 is 0 Å². The zero-order valence-electron chi connectivity index (χ0n) is 16.1. The molecule has 148 valence electrons. The van der Waals surface area contributed by atoms with Gasteiger partial charge < -0.3 is 14.3 Å². The number of rotatable bonds is 6. The highest BCUT2D eigenvalue weighted by Crippen LogP contribution is 2.38. The molecule has 0 amide bonds. The number of sulfonamides is 1. The van der Waals surface area contributed by atoms with Crippen molar-refractivity contribution >= 4 is 20.9 Å². The number of fused-ring (bicyclic) bond motifs is 1. The second-order valence-corrected chi connectivity index (χ2v) is 9.58. The summed E-state index contributed by atoms with van der Waals surface area (Å²) in [6, 6.07) is 6.72. The highest BCUT2D eigenvalue weighted by Gasteiger charge is 2.25. The van der Waals surface area contributed by atoms with Gasteiger partial charge in [0.25, 0.3) is 5.56 Å². The third-order valence-corrected chi connectivity index (χ3v) is 6.90. The fourth-order valence-electron chi connectivity index (χ4n) is 3.19. The van der Waals surface area contributed by atoms with E-state index in [0.29, 0.717) is 29.4 Å². The van der Waals surface area contributed by atoms with Crippen LogP contribution in [0.15, 0.2) is 46.3 Å². The van der Waals surface area contributed by atoms with Gasteiger partial charge in [-0.15, -0.1) is 0 Å². The van der Waals surface area contributed by atoms with E-state index < -0.39 is 10.0 Å². The van der Waals surface area contributed by atoms with Gasteiger partial charge in [0, 0.05) is 50.0 Å². The molecule has 0 unspecified atom stereocenters. The summed E-state index contributed by atoms with van der Waals surface area (Å²) in [4.78, 5) is 15.6. The fraction of sp³-hybridized carbons (Fsp3) is 0.350. The van der Waals surface area contributed by atoms with Crippen LogP contribution in [0.1, 0.15) is 12.8 Å². The number of aryl methyl sites for hydroxylation is 1. The lowest BCUT2D eigenvalue weighted by Crippen LogP contribution is -2.22. The van der Waals surface area contributed by atoms with Crippen molar-refractivity contribution in [2.24, 2.45) is 13.0 Å². The molecule has 8 heteroatoms. The first-order chi connectivity index (χ1) is 13.3. The van der Waals surface area contributed by atoms with Crippen LogP contribution in [0.25, 0.3) is 22.0 Å². The molecule has 1 N–H and O–H groups in total. The molecule has 1 aliphatic carbocycles. The minimum absolute atomic E-state index is 0.138. The summed E-state index contributed by atoms with van der Waals surface area (Å²) in [5.41, 5.74) is 1.75. The third-order valence-electron chi connectivity index (χ3n) is 5.09. The fourth-order valence-corrected chi connectivity index (χ4v) is 4.12. The molecule has 1 aliphatic rings. The Bertz CT molecular complexity index is 1200. The number of H-pyrrole nitrogens is 1. The van der Waals surface area contributed by atoms with Crippen LogP contribution in [0.3, 0.4) is 0 Å². The number of aromatic amines is 1. The Hall–Kier alpha value is -2.58. The molecule has 0 bridgehead atoms. The summed E-state index contributed by atoms with van der Waals surface area (Å²) in [6.07, 6.45) is 5.75. The Morgan fingerprint density at radius 3 is 2.64 bits per heavy atom. The largest absolute Gasteiger partial charge is 0.493 e. The SMILES string of the molecule is CN(C)S(=O)(=O)c1ccc(OCC2CC2)c(-c2cn(C)c(=O)c3[nH]ccc23)c1. The highest BCUT2D eigenvalue weighted by atomic mass is 32.2. The average molecular weight is 401 g/mol. The van der Waals surface area contributed by atoms with E-state index in [1.54, 1.807) is 37.6 Å². The van der Waals surface area contributed by atoms with Gasteiger partial charge in [-0.3, -0.25) is 4.79 Å². The van der Waals surface area contributed by atoms with Crippen molar-refractivity contribution in [3.8, 4) is 16.9 Å². The molecule has 4 rings (SSSR count). The molecule has 2 aromatic heterocycles. The number of nitrogens with zero attached hydrogens (tertiary/aromatic N) is 2. The predicted molar refractivity (Wildman–Crippen MR) is 108 cm³/mol. The van der Waals surface area contributed by atoms with Crippen molar-refractivity contribution in [2.45, 2.75) is 17.7 Å². The summed E-state index contributed by atoms with van der Waals surface area (Å²) >= 11 is 0. The maximum Gasteiger partial charge on any atom is 0.274 e. The van der Waals surface area contributed by atoms with Crippen LogP contribution in [0.5, 0.6) is 5.75 Å². The Balaban J connectivity index is 1.94. The van der Waals surface area contributed by atoms with Gasteiger partial charge in [-0.05, 0) is 43.0 Å². The molecule has 0 radical (unpaired) electrons. The molecule has 1 aromatic carbocycles. The molecule has 3 aromatic rings. The number of benzene rings is 1. The maximum absolute atomic E-state index is 12.7. The van der Waals surface area contributed by atoms with E-state index in [9.17, 15) is 13.2 Å². The minimum Gasteiger partial charge on any atom is -0.493 e. The monoisotopic (exact) mass is 401 g/mol. The lowest BCUT2D eigenvalue weighted by Gasteiger charge is -2.17. The van der Waals surface area contributed by atoms with Gasteiger partial charge in [-0.1, -0.05) is 0 Å². The Kier molecular flexibility index (Phi) is 4.55. The van der Waals surface area contributed by atoms with Crippen molar-refractivity contribution < 1.29 is 13.2 Å². The third kappa shape index (κ3) is 3.22. The molecule has 0 spiro atoms. The van der Waals surface area contributed by atoms with Crippen molar-refractivity contribution in [3.63, 3.8) is 0 Å². The lowest BCUT2D eigenvalue weighted by atomic mass is 10.0. The number of nitrogens with one attached hydrogen (secondary N) is 1. The van der Waals surface area contributed by atoms with E-state index in [4.69, 9.17) is 4.74 Å². The topological polar surface area (TPSA) is 84.4 Å². The maximum atomic E-state index is 12.7. The second kappa shape index (κ2) is 6.79. The van der Waals surface area contributed by atoms with Crippen LogP contribution in [-0.2, 0) is 17.1 Å². The van der Waals surface area contributed by atoms with E-state index in [1.807, 2.05) is 6.07 Å². The van der Waals surface area contributed by atoms with E-state index in [2.05, 4.69) is 4.98 Å². The minimum atomic E-state index is -3.60. The van der Waals surface area contributed by atoms with Crippen LogP contribution in [0.2, 0.25) is 0 Å². The first kappa shape index (κ1) is 18.8. The van der Waals surface area contributed by atoms with E-state index in [-0.39, 0.29) is 10.5 Å². The van der Waals surface area contributed by atoms with E-state index in [1.165, 1.54) is 23.0 Å². The molecule has 0 saturated heterocycles. The molecule has 1 fully saturated rings. The van der Waals surface area contributed by atoms with E-state index in [0.717, 1.165) is 23.8 Å². The van der Waals surface area contributed by atoms with Crippen molar-refractivity contribution in [1.82, 2.24) is 13.9 Å². The summed E-state index contributed by atoms with van der Waals surface area (Å²) in [6.45, 7) is 0.606. The van der Waals surface area contributed by atoms with Crippen molar-refractivity contribution in [3.05, 3.63) is 47.0 Å². The number of hydrogen-bond donors (Lipinski definition) is 1. The summed E-state index contributed by atoms with van der Waals surface area (Å²) < 4.78 is 34.0. The summed E-state index contributed by atoms with van der Waals surface area (Å²) in [5.74, 6) is 1.18. The summed E-state index contributed by atoms with van der Waals surface area (Å²) in [5, 5.41) is 0.735. The molecule has 2 heterocycles. The Labute approximate surface area is 163 Å². The Morgan fingerprint density at radius 1 is 1.21 bits per heavy atom. The molecule has 28 heavy (non-hydrogen) atoms. The molecule has 0 atom stereocenters. The Morgan fingerprint density at radius 2 is 1.96 bits per heavy atom. The van der Waals surface area contributed by atoms with Gasteiger partial charge in [0.1, 0.15) is 11.3 Å². The highest BCUT2D eigenvalue weighted by molar-refractivity contribution is 7.89. The van der Waals surface area contributed by atoms with Crippen LogP contribution in [0.4, 0.5) is 0 Å². The summed E-state index contributed by atoms with van der Waals surface area (Å²) in [7, 11) is 1.08. The van der Waals surface area contributed by atoms with Gasteiger partial charge in [-0.2, -0.15) is 0 Å². The average Bonchev–Trinajstić information content (AvgIpc) is 3.36. The number of pyridine rings is 1. The second-order valence-electron chi connectivity index (χ2n) is 7.42. The molecular weight excluding hydrogens is 378 g/mol.